The van der Waals surface area contributed by atoms with E-state index in [-0.39, 0.29) is 32.3 Å². The minimum Gasteiger partial charge on any atom is -0.481 e. The summed E-state index contributed by atoms with van der Waals surface area (Å²) in [6.07, 6.45) is 0.647. The first-order valence-electron chi connectivity index (χ1n) is 12.6. The number of aliphatic carboxylic acids is 2. The number of rotatable bonds is 6. The number of carboxylic acids is 2. The van der Waals surface area contributed by atoms with E-state index in [0.29, 0.717) is 24.2 Å². The van der Waals surface area contributed by atoms with Crippen LogP contribution in [-0.4, -0.2) is 42.1 Å². The standard InChI is InChI=1S/C30H30N4O4.Zn/c1-15-9-20-12-25-17(3)21(5-7-29(35)36)27(33-25)14-28-22(6-8-30(37)38)18(4)26(34-28)13-24-16(2)10-19(32-24)11-23(15)31-20;/h9-14,31-32H,5-8H2,1-4H3,(H,35,36)(H,37,38);. The van der Waals surface area contributed by atoms with Crippen molar-refractivity contribution in [2.45, 2.75) is 53.4 Å². The number of fused-ring (bicyclic) bond motifs is 8. The van der Waals surface area contributed by atoms with Crippen molar-refractivity contribution in [1.82, 2.24) is 19.9 Å². The Kier molecular flexibility index (Phi) is 8.02. The molecule has 0 fully saturated rings. The van der Waals surface area contributed by atoms with Gasteiger partial charge in [0.2, 0.25) is 0 Å². The maximum absolute atomic E-state index is 11.4. The summed E-state index contributed by atoms with van der Waals surface area (Å²) in [7, 11) is 0. The van der Waals surface area contributed by atoms with Crippen LogP contribution in [0.4, 0.5) is 0 Å². The van der Waals surface area contributed by atoms with Gasteiger partial charge in [-0.2, -0.15) is 0 Å². The van der Waals surface area contributed by atoms with E-state index in [4.69, 9.17) is 9.97 Å². The zero-order chi connectivity index (χ0) is 27.1. The van der Waals surface area contributed by atoms with Crippen molar-refractivity contribution < 1.29 is 39.3 Å². The van der Waals surface area contributed by atoms with Gasteiger partial charge in [-0.15, -0.1) is 0 Å². The first-order chi connectivity index (χ1) is 18.1. The van der Waals surface area contributed by atoms with E-state index in [0.717, 1.165) is 66.9 Å². The Morgan fingerprint density at radius 3 is 1.56 bits per heavy atom. The molecule has 8 bridgehead atoms. The number of aromatic amines is 2. The van der Waals surface area contributed by atoms with Crippen LogP contribution in [0.5, 0.6) is 0 Å². The van der Waals surface area contributed by atoms with Crippen molar-refractivity contribution >= 4 is 56.3 Å². The van der Waals surface area contributed by atoms with Crippen LogP contribution in [0, 0.1) is 13.8 Å². The van der Waals surface area contributed by atoms with Crippen LogP contribution in [0.2, 0.25) is 0 Å². The van der Waals surface area contributed by atoms with E-state index in [2.05, 4.69) is 35.1 Å². The molecule has 4 N–H and O–H groups in total. The van der Waals surface area contributed by atoms with Crippen molar-refractivity contribution in [3.8, 4) is 0 Å². The molecule has 196 valence electrons. The number of nitrogens with one attached hydrogen (secondary N) is 2. The second-order valence-electron chi connectivity index (χ2n) is 9.98. The van der Waals surface area contributed by atoms with Crippen LogP contribution in [0.25, 0.3) is 44.4 Å². The Bertz CT molecular complexity index is 1730. The van der Waals surface area contributed by atoms with Crippen molar-refractivity contribution in [1.29, 1.82) is 0 Å². The predicted octanol–water partition coefficient (Wildman–Crippen LogP) is 6.52. The summed E-state index contributed by atoms with van der Waals surface area (Å²) < 4.78 is 0. The van der Waals surface area contributed by atoms with Gasteiger partial charge in [-0.25, -0.2) is 9.97 Å². The molecule has 2 aliphatic heterocycles. The van der Waals surface area contributed by atoms with Crippen LogP contribution in [0.15, 0.2) is 36.4 Å². The fraction of sp³-hybridized carbons (Fsp3) is 0.267. The van der Waals surface area contributed by atoms with Gasteiger partial charge in [-0.05, 0) is 110 Å². The molecule has 0 atom stereocenters. The number of carbonyl (C=O) groups is 2. The molecule has 39 heavy (non-hydrogen) atoms. The molecule has 0 saturated heterocycles. The average Bonchev–Trinajstić information content (AvgIpc) is 3.53. The van der Waals surface area contributed by atoms with Crippen LogP contribution in [0.3, 0.4) is 0 Å². The van der Waals surface area contributed by atoms with Crippen LogP contribution < -0.4 is 0 Å². The first-order valence-corrected chi connectivity index (χ1v) is 12.6. The molecule has 0 amide bonds. The maximum atomic E-state index is 11.4. The molecular formula is C30H30N4O4Zn. The number of H-pyrrole nitrogens is 2. The van der Waals surface area contributed by atoms with Gasteiger partial charge in [0.1, 0.15) is 0 Å². The zero-order valence-corrected chi connectivity index (χ0v) is 25.6. The Hall–Kier alpha value is -3.84. The third-order valence-corrected chi connectivity index (χ3v) is 7.25. The molecule has 0 saturated carbocycles. The van der Waals surface area contributed by atoms with Gasteiger partial charge in [0.25, 0.3) is 0 Å². The van der Waals surface area contributed by atoms with Gasteiger partial charge >= 0.3 is 11.9 Å². The van der Waals surface area contributed by atoms with Crippen LogP contribution in [-0.2, 0) is 29.1 Å². The van der Waals surface area contributed by atoms with E-state index >= 15 is 0 Å². The first kappa shape index (κ1) is 28.2. The molecule has 8 nitrogen and oxygen atoms in total. The average molecular weight is 576 g/mol. The SMILES string of the molecule is CC1=C(CCC(=O)O)c2cc3nc(cc4[nH]c(cc4C)cc4[nH]c(cc1n2)cc4C)C(C)=C3CCC(=O)O.[Zn]. The molecule has 0 aliphatic carbocycles. The number of nitrogens with zero attached hydrogens (tertiary/aromatic N) is 2. The molecule has 5 rings (SSSR count). The zero-order valence-electron chi connectivity index (χ0n) is 22.6. The molecule has 0 spiro atoms. The molecule has 3 aromatic rings. The van der Waals surface area contributed by atoms with Crippen molar-refractivity contribution in [3.63, 3.8) is 0 Å². The Labute approximate surface area is 238 Å². The van der Waals surface area contributed by atoms with Gasteiger partial charge in [0, 0.05) is 54.4 Å². The van der Waals surface area contributed by atoms with Gasteiger partial charge in [0.15, 0.2) is 0 Å². The summed E-state index contributed by atoms with van der Waals surface area (Å²) in [5, 5.41) is 18.7. The number of carboxylic acid groups (broad SMARTS) is 2. The molecule has 0 radical (unpaired) electrons. The number of allylic oxidation sites excluding steroid dienone is 4. The number of aromatic nitrogens is 4. The minimum atomic E-state index is -0.873. The summed E-state index contributed by atoms with van der Waals surface area (Å²) in [6, 6.07) is 12.1. The molecule has 2 aliphatic rings. The summed E-state index contributed by atoms with van der Waals surface area (Å²) in [4.78, 5) is 39.6. The monoisotopic (exact) mass is 574 g/mol. The van der Waals surface area contributed by atoms with E-state index in [1.54, 1.807) is 0 Å². The topological polar surface area (TPSA) is 132 Å². The number of aryl methyl sites for hydroxylation is 2. The molecule has 9 heteroatoms. The van der Waals surface area contributed by atoms with Gasteiger partial charge in [-0.3, -0.25) is 9.59 Å². The van der Waals surface area contributed by atoms with Crippen molar-refractivity contribution in [3.05, 3.63) is 70.3 Å². The number of hydrogen-bond acceptors (Lipinski definition) is 4. The third-order valence-electron chi connectivity index (χ3n) is 7.25. The quantitative estimate of drug-likeness (QED) is 0.247. The smallest absolute Gasteiger partial charge is 0.303 e. The van der Waals surface area contributed by atoms with Crippen molar-refractivity contribution in [2.75, 3.05) is 0 Å². The maximum Gasteiger partial charge on any atom is 0.303 e. The minimum absolute atomic E-state index is 0. The molecule has 5 heterocycles. The Morgan fingerprint density at radius 1 is 0.641 bits per heavy atom. The molecule has 0 aromatic carbocycles. The summed E-state index contributed by atoms with van der Waals surface area (Å²) in [6.45, 7) is 8.01. The predicted molar refractivity (Wildman–Crippen MR) is 149 cm³/mol. The second-order valence-corrected chi connectivity index (χ2v) is 9.98. The Morgan fingerprint density at radius 2 is 1.08 bits per heavy atom. The Balaban J connectivity index is 0.00000353. The van der Waals surface area contributed by atoms with Gasteiger partial charge < -0.3 is 20.2 Å². The van der Waals surface area contributed by atoms with Crippen LogP contribution >= 0.6 is 0 Å². The van der Waals surface area contributed by atoms with Crippen molar-refractivity contribution in [2.24, 2.45) is 0 Å². The van der Waals surface area contributed by atoms with Gasteiger partial charge in [0.05, 0.1) is 22.8 Å². The van der Waals surface area contributed by atoms with E-state index in [1.165, 1.54) is 0 Å². The fourth-order valence-electron chi connectivity index (χ4n) is 5.10. The number of hydrogen-bond donors (Lipinski definition) is 4. The van der Waals surface area contributed by atoms with E-state index < -0.39 is 11.9 Å². The molecular weight excluding hydrogens is 546 g/mol. The normalized spacial score (nSPS) is 13.0. The summed E-state index contributed by atoms with van der Waals surface area (Å²) in [5.74, 6) is -1.75. The second kappa shape index (κ2) is 11.1. The third kappa shape index (κ3) is 5.78. The largest absolute Gasteiger partial charge is 0.481 e. The summed E-state index contributed by atoms with van der Waals surface area (Å²) >= 11 is 0. The molecule has 3 aromatic heterocycles. The molecule has 0 unspecified atom stereocenters. The van der Waals surface area contributed by atoms with E-state index in [9.17, 15) is 19.8 Å². The summed E-state index contributed by atoms with van der Waals surface area (Å²) in [5.41, 5.74) is 12.4. The van der Waals surface area contributed by atoms with Gasteiger partial charge in [-0.1, -0.05) is 0 Å². The fourth-order valence-corrected chi connectivity index (χ4v) is 5.10. The van der Waals surface area contributed by atoms with E-state index in [1.807, 2.05) is 39.0 Å². The van der Waals surface area contributed by atoms with Crippen LogP contribution in [0.1, 0.15) is 73.4 Å².